The summed E-state index contributed by atoms with van der Waals surface area (Å²) in [5.41, 5.74) is 2.65. The Balaban J connectivity index is 1.31. The number of nitrogens with zero attached hydrogens (tertiary/aromatic N) is 3. The minimum Gasteiger partial charge on any atom is -0.490 e. The maximum atomic E-state index is 13.1. The van der Waals surface area contributed by atoms with Crippen LogP contribution in [0.2, 0.25) is 0 Å². The van der Waals surface area contributed by atoms with E-state index in [9.17, 15) is 9.59 Å². The number of ether oxygens (including phenoxy) is 2. The Bertz CT molecular complexity index is 1220. The normalized spacial score (nSPS) is 18.0. The van der Waals surface area contributed by atoms with Crippen LogP contribution in [0.5, 0.6) is 11.5 Å². The molecular formula is C25H27N3O4. The van der Waals surface area contributed by atoms with E-state index >= 15 is 0 Å². The highest BCUT2D eigenvalue weighted by molar-refractivity contribution is 5.80. The van der Waals surface area contributed by atoms with Gasteiger partial charge in [0, 0.05) is 25.9 Å². The van der Waals surface area contributed by atoms with Crippen LogP contribution < -0.4 is 15.0 Å². The fourth-order valence-corrected chi connectivity index (χ4v) is 4.66. The van der Waals surface area contributed by atoms with E-state index in [1.165, 1.54) is 0 Å². The van der Waals surface area contributed by atoms with Gasteiger partial charge in [-0.25, -0.2) is 4.98 Å². The van der Waals surface area contributed by atoms with Crippen molar-refractivity contribution in [2.45, 2.75) is 45.2 Å². The van der Waals surface area contributed by atoms with E-state index in [4.69, 9.17) is 9.47 Å². The van der Waals surface area contributed by atoms with Crippen molar-refractivity contribution in [1.29, 1.82) is 0 Å². The average molecular weight is 434 g/mol. The Morgan fingerprint density at radius 1 is 1.12 bits per heavy atom. The van der Waals surface area contributed by atoms with Crippen molar-refractivity contribution >= 4 is 16.8 Å². The molecule has 32 heavy (non-hydrogen) atoms. The zero-order chi connectivity index (χ0) is 22.1. The van der Waals surface area contributed by atoms with Crippen molar-refractivity contribution in [3.05, 3.63) is 64.2 Å². The molecule has 0 N–H and O–H groups in total. The van der Waals surface area contributed by atoms with Crippen molar-refractivity contribution in [3.8, 4) is 11.5 Å². The summed E-state index contributed by atoms with van der Waals surface area (Å²) in [4.78, 5) is 32.3. The lowest BCUT2D eigenvalue weighted by Crippen LogP contribution is -2.32. The van der Waals surface area contributed by atoms with Gasteiger partial charge in [-0.05, 0) is 49.1 Å². The minimum atomic E-state index is -0.104. The number of para-hydroxylation sites is 1. The van der Waals surface area contributed by atoms with Gasteiger partial charge in [0.1, 0.15) is 0 Å². The molecule has 0 aliphatic carbocycles. The lowest BCUT2D eigenvalue weighted by Gasteiger charge is -2.26. The second-order valence-corrected chi connectivity index (χ2v) is 8.47. The van der Waals surface area contributed by atoms with E-state index in [0.29, 0.717) is 30.7 Å². The van der Waals surface area contributed by atoms with E-state index in [1.54, 1.807) is 17.0 Å². The van der Waals surface area contributed by atoms with Gasteiger partial charge < -0.3 is 14.4 Å². The molecule has 0 spiro atoms. The molecule has 1 fully saturated rings. The standard InChI is InChI=1S/C25H27N3O4/c1-17-5-2-6-19-24(17)26-16-27(25(19)30)12-10-23(29)28-11-3-7-20(28)18-8-9-21-22(15-18)32-14-4-13-31-21/h2,5-6,8-9,15-16,20H,3-4,7,10-14H2,1H3/t20-/m1/s1. The van der Waals surface area contributed by atoms with Crippen molar-refractivity contribution in [2.75, 3.05) is 19.8 Å². The molecular weight excluding hydrogens is 406 g/mol. The van der Waals surface area contributed by atoms with Gasteiger partial charge in [-0.2, -0.15) is 0 Å². The van der Waals surface area contributed by atoms with Crippen LogP contribution in [-0.2, 0) is 11.3 Å². The number of rotatable bonds is 4. The van der Waals surface area contributed by atoms with Gasteiger partial charge in [-0.3, -0.25) is 14.2 Å². The highest BCUT2D eigenvalue weighted by Crippen LogP contribution is 2.38. The zero-order valence-electron chi connectivity index (χ0n) is 18.3. The summed E-state index contributed by atoms with van der Waals surface area (Å²) in [5, 5.41) is 0.589. The number of fused-ring (bicyclic) bond motifs is 2. The summed E-state index contributed by atoms with van der Waals surface area (Å²) in [6.45, 7) is 4.28. The van der Waals surface area contributed by atoms with Gasteiger partial charge in [0.25, 0.3) is 5.56 Å². The van der Waals surface area contributed by atoms with Crippen molar-refractivity contribution in [1.82, 2.24) is 14.5 Å². The molecule has 1 saturated heterocycles. The molecule has 3 heterocycles. The molecule has 2 aliphatic heterocycles. The summed E-state index contributed by atoms with van der Waals surface area (Å²) in [5.74, 6) is 1.57. The maximum Gasteiger partial charge on any atom is 0.261 e. The third kappa shape index (κ3) is 3.83. The molecule has 2 aliphatic rings. The molecule has 7 heteroatoms. The molecule has 1 aromatic heterocycles. The number of likely N-dealkylation sites (tertiary alicyclic amines) is 1. The number of hydrogen-bond acceptors (Lipinski definition) is 5. The van der Waals surface area contributed by atoms with E-state index in [1.807, 2.05) is 42.2 Å². The van der Waals surface area contributed by atoms with Gasteiger partial charge in [-0.15, -0.1) is 0 Å². The van der Waals surface area contributed by atoms with Crippen LogP contribution in [0.25, 0.3) is 10.9 Å². The number of hydrogen-bond donors (Lipinski definition) is 0. The van der Waals surface area contributed by atoms with Crippen LogP contribution in [0, 0.1) is 6.92 Å². The summed E-state index contributed by atoms with van der Waals surface area (Å²) in [6.07, 6.45) is 4.56. The monoisotopic (exact) mass is 433 g/mol. The lowest BCUT2D eigenvalue weighted by molar-refractivity contribution is -0.132. The summed E-state index contributed by atoms with van der Waals surface area (Å²) in [6, 6.07) is 11.6. The molecule has 166 valence electrons. The molecule has 3 aromatic rings. The molecule has 0 unspecified atom stereocenters. The number of carbonyl (C=O) groups is 1. The molecule has 2 aromatic carbocycles. The van der Waals surface area contributed by atoms with Crippen LogP contribution in [0.1, 0.15) is 42.9 Å². The first kappa shape index (κ1) is 20.5. The van der Waals surface area contributed by atoms with Crippen LogP contribution in [0.4, 0.5) is 0 Å². The second kappa shape index (κ2) is 8.65. The average Bonchev–Trinajstić information content (AvgIpc) is 3.18. The maximum absolute atomic E-state index is 13.1. The van der Waals surface area contributed by atoms with E-state index in [0.717, 1.165) is 48.4 Å². The quantitative estimate of drug-likeness (QED) is 0.628. The Morgan fingerprint density at radius 2 is 1.97 bits per heavy atom. The van der Waals surface area contributed by atoms with Gasteiger partial charge >= 0.3 is 0 Å². The van der Waals surface area contributed by atoms with Crippen LogP contribution in [0.3, 0.4) is 0 Å². The van der Waals surface area contributed by atoms with Gasteiger partial charge in [0.05, 0.1) is 36.5 Å². The largest absolute Gasteiger partial charge is 0.490 e. The number of amides is 1. The Hall–Kier alpha value is -3.35. The molecule has 0 bridgehead atoms. The predicted molar refractivity (Wildman–Crippen MR) is 121 cm³/mol. The first-order valence-electron chi connectivity index (χ1n) is 11.3. The lowest BCUT2D eigenvalue weighted by atomic mass is 10.0. The zero-order valence-corrected chi connectivity index (χ0v) is 18.3. The molecule has 7 nitrogen and oxygen atoms in total. The highest BCUT2D eigenvalue weighted by atomic mass is 16.5. The van der Waals surface area contributed by atoms with E-state index in [2.05, 4.69) is 4.98 Å². The minimum absolute atomic E-state index is 0.0220. The number of carbonyl (C=O) groups excluding carboxylic acids is 1. The van der Waals surface area contributed by atoms with E-state index in [-0.39, 0.29) is 23.9 Å². The first-order valence-corrected chi connectivity index (χ1v) is 11.3. The summed E-state index contributed by atoms with van der Waals surface area (Å²) in [7, 11) is 0. The van der Waals surface area contributed by atoms with Crippen LogP contribution in [0.15, 0.2) is 47.5 Å². The summed E-state index contributed by atoms with van der Waals surface area (Å²) < 4.78 is 13.1. The summed E-state index contributed by atoms with van der Waals surface area (Å²) >= 11 is 0. The van der Waals surface area contributed by atoms with Crippen LogP contribution in [-0.4, -0.2) is 40.1 Å². The fourth-order valence-electron chi connectivity index (χ4n) is 4.66. The molecule has 0 radical (unpaired) electrons. The van der Waals surface area contributed by atoms with Gasteiger partial charge in [-0.1, -0.05) is 18.2 Å². The topological polar surface area (TPSA) is 73.7 Å². The van der Waals surface area contributed by atoms with Crippen molar-refractivity contribution in [2.24, 2.45) is 0 Å². The Labute approximate surface area is 186 Å². The number of aromatic nitrogens is 2. The molecule has 1 atom stereocenters. The number of benzene rings is 2. The van der Waals surface area contributed by atoms with Crippen molar-refractivity contribution < 1.29 is 14.3 Å². The van der Waals surface area contributed by atoms with Gasteiger partial charge in [0.15, 0.2) is 11.5 Å². The van der Waals surface area contributed by atoms with Gasteiger partial charge in [0.2, 0.25) is 5.91 Å². The fraction of sp³-hybridized carbons (Fsp3) is 0.400. The Morgan fingerprint density at radius 3 is 2.84 bits per heavy atom. The third-order valence-corrected chi connectivity index (χ3v) is 6.35. The third-order valence-electron chi connectivity index (χ3n) is 6.35. The second-order valence-electron chi connectivity index (χ2n) is 8.47. The number of aryl methyl sites for hydroxylation is 2. The SMILES string of the molecule is Cc1cccc2c(=O)n(CCC(=O)N3CCC[C@@H]3c3ccc4c(c3)OCCCO4)cnc12. The van der Waals surface area contributed by atoms with E-state index < -0.39 is 0 Å². The Kier molecular flexibility index (Phi) is 5.55. The molecule has 1 amide bonds. The highest BCUT2D eigenvalue weighted by Gasteiger charge is 2.30. The van der Waals surface area contributed by atoms with Crippen molar-refractivity contribution in [3.63, 3.8) is 0 Å². The molecule has 0 saturated carbocycles. The molecule has 5 rings (SSSR count). The first-order chi connectivity index (χ1) is 15.6. The smallest absolute Gasteiger partial charge is 0.261 e. The van der Waals surface area contributed by atoms with Crippen LogP contribution >= 0.6 is 0 Å². The predicted octanol–water partition coefficient (Wildman–Crippen LogP) is 3.62.